The van der Waals surface area contributed by atoms with Crippen LogP contribution >= 0.6 is 0 Å². The van der Waals surface area contributed by atoms with Crippen LogP contribution in [0.15, 0.2) is 66.7 Å². The van der Waals surface area contributed by atoms with Crippen molar-refractivity contribution in [1.82, 2.24) is 0 Å². The van der Waals surface area contributed by atoms with Crippen LogP contribution in [0.2, 0.25) is 0 Å². The summed E-state index contributed by atoms with van der Waals surface area (Å²) < 4.78 is 0. The van der Waals surface area contributed by atoms with Crippen LogP contribution in [0, 0.1) is 5.41 Å². The summed E-state index contributed by atoms with van der Waals surface area (Å²) in [5.74, 6) is 0. The average molecular weight is 274 g/mol. The van der Waals surface area contributed by atoms with Gasteiger partial charge in [-0.3, -0.25) is 0 Å². The molecular weight excluding hydrogens is 252 g/mol. The molecule has 0 unspecified atom stereocenters. The molecule has 0 aromatic heterocycles. The predicted molar refractivity (Wildman–Crippen MR) is 92.0 cm³/mol. The summed E-state index contributed by atoms with van der Waals surface area (Å²) in [4.78, 5) is 0. The number of hydrogen-bond donors (Lipinski definition) is 0. The smallest absolute Gasteiger partial charge is 0.00568 e. The molecule has 0 heteroatoms. The molecule has 3 rings (SSSR count). The molecule has 0 N–H and O–H groups in total. The molecule has 0 saturated carbocycles. The molecular formula is C21H22. The Bertz CT molecular complexity index is 700. The van der Waals surface area contributed by atoms with E-state index in [0.29, 0.717) is 0 Å². The molecule has 0 nitrogen and oxygen atoms in total. The van der Waals surface area contributed by atoms with Gasteiger partial charge in [-0.15, -0.1) is 0 Å². The number of benzene rings is 2. The van der Waals surface area contributed by atoms with Crippen LogP contribution < -0.4 is 0 Å². The lowest BCUT2D eigenvalue weighted by Gasteiger charge is -2.27. The zero-order chi connectivity index (χ0) is 14.9. The largest absolute Gasteiger partial charge is 0.0798 e. The van der Waals surface area contributed by atoms with Crippen molar-refractivity contribution < 1.29 is 0 Å². The number of hydrogen-bond acceptors (Lipinski definition) is 0. The van der Waals surface area contributed by atoms with Crippen LogP contribution in [-0.4, -0.2) is 0 Å². The summed E-state index contributed by atoms with van der Waals surface area (Å²) in [5.41, 5.74) is 7.09. The lowest BCUT2D eigenvalue weighted by Crippen LogP contribution is -2.16. The van der Waals surface area contributed by atoms with Gasteiger partial charge >= 0.3 is 0 Å². The second-order valence-corrected chi connectivity index (χ2v) is 6.39. The van der Waals surface area contributed by atoms with Gasteiger partial charge in [0.25, 0.3) is 0 Å². The standard InChI is InChI=1S/C21H22/c1-4-17-14-20(19-13-9-8-12-18(17)19)21(2,3)15-16-10-6-5-7-11-16/h4-14H,15H2,1-3H3. The van der Waals surface area contributed by atoms with Crippen molar-refractivity contribution in [1.29, 1.82) is 0 Å². The van der Waals surface area contributed by atoms with Crippen LogP contribution in [0.5, 0.6) is 0 Å². The monoisotopic (exact) mass is 274 g/mol. The minimum Gasteiger partial charge on any atom is -0.0798 e. The molecule has 2 aromatic carbocycles. The first kappa shape index (κ1) is 13.9. The van der Waals surface area contributed by atoms with Gasteiger partial charge in [0.05, 0.1) is 0 Å². The zero-order valence-corrected chi connectivity index (χ0v) is 13.1. The van der Waals surface area contributed by atoms with Gasteiger partial charge in [-0.1, -0.05) is 80.6 Å². The van der Waals surface area contributed by atoms with E-state index < -0.39 is 0 Å². The molecule has 0 bridgehead atoms. The lowest BCUT2D eigenvalue weighted by molar-refractivity contribution is 0.499. The van der Waals surface area contributed by atoms with Crippen LogP contribution in [0.1, 0.15) is 37.5 Å². The molecule has 0 spiro atoms. The SMILES string of the molecule is CC=C1C=C(C(C)(C)Cc2ccccc2)c2ccccc21. The Morgan fingerprint density at radius 3 is 2.14 bits per heavy atom. The quantitative estimate of drug-likeness (QED) is 0.668. The highest BCUT2D eigenvalue weighted by atomic mass is 14.3. The molecule has 21 heavy (non-hydrogen) atoms. The van der Waals surface area contributed by atoms with E-state index in [2.05, 4.69) is 87.5 Å². The number of fused-ring (bicyclic) bond motifs is 1. The van der Waals surface area contributed by atoms with E-state index in [1.54, 1.807) is 0 Å². The Morgan fingerprint density at radius 2 is 1.48 bits per heavy atom. The summed E-state index contributed by atoms with van der Waals surface area (Å²) in [6.45, 7) is 6.82. The Morgan fingerprint density at radius 1 is 0.857 bits per heavy atom. The van der Waals surface area contributed by atoms with Gasteiger partial charge in [0, 0.05) is 0 Å². The molecule has 0 aliphatic heterocycles. The van der Waals surface area contributed by atoms with Crippen LogP contribution in [0.4, 0.5) is 0 Å². The van der Waals surface area contributed by atoms with Crippen molar-refractivity contribution in [2.24, 2.45) is 5.41 Å². The third kappa shape index (κ3) is 2.58. The van der Waals surface area contributed by atoms with E-state index in [1.807, 2.05) is 0 Å². The van der Waals surface area contributed by atoms with Crippen molar-refractivity contribution >= 4 is 11.1 Å². The van der Waals surface area contributed by atoms with Crippen LogP contribution in [0.3, 0.4) is 0 Å². The van der Waals surface area contributed by atoms with Gasteiger partial charge < -0.3 is 0 Å². The Hall–Kier alpha value is -2.08. The van der Waals surface area contributed by atoms with E-state index in [4.69, 9.17) is 0 Å². The first-order valence-corrected chi connectivity index (χ1v) is 7.64. The van der Waals surface area contributed by atoms with Gasteiger partial charge in [-0.25, -0.2) is 0 Å². The second-order valence-electron chi connectivity index (χ2n) is 6.39. The van der Waals surface area contributed by atoms with Gasteiger partial charge in [0.2, 0.25) is 0 Å². The topological polar surface area (TPSA) is 0 Å². The van der Waals surface area contributed by atoms with E-state index >= 15 is 0 Å². The highest BCUT2D eigenvalue weighted by Crippen LogP contribution is 2.46. The first-order valence-electron chi connectivity index (χ1n) is 7.64. The summed E-state index contributed by atoms with van der Waals surface area (Å²) in [5, 5.41) is 0. The fourth-order valence-electron chi connectivity index (χ4n) is 3.28. The van der Waals surface area contributed by atoms with E-state index in [1.165, 1.54) is 27.8 Å². The highest BCUT2D eigenvalue weighted by molar-refractivity contribution is 5.96. The maximum absolute atomic E-state index is 2.37. The zero-order valence-electron chi connectivity index (χ0n) is 13.1. The molecule has 0 radical (unpaired) electrons. The second kappa shape index (κ2) is 5.37. The van der Waals surface area contributed by atoms with E-state index in [0.717, 1.165) is 6.42 Å². The van der Waals surface area contributed by atoms with Gasteiger partial charge in [0.1, 0.15) is 0 Å². The van der Waals surface area contributed by atoms with Gasteiger partial charge in [0.15, 0.2) is 0 Å². The van der Waals surface area contributed by atoms with Crippen LogP contribution in [-0.2, 0) is 6.42 Å². The van der Waals surface area contributed by atoms with Crippen LogP contribution in [0.25, 0.3) is 11.1 Å². The third-order valence-electron chi connectivity index (χ3n) is 4.36. The first-order chi connectivity index (χ1) is 10.1. The Labute approximate surface area is 127 Å². The molecule has 106 valence electrons. The molecule has 0 amide bonds. The lowest BCUT2D eigenvalue weighted by atomic mass is 9.76. The number of allylic oxidation sites excluding steroid dienone is 4. The van der Waals surface area contributed by atoms with E-state index in [9.17, 15) is 0 Å². The van der Waals surface area contributed by atoms with Gasteiger partial charge in [-0.05, 0) is 46.6 Å². The fraction of sp³-hybridized carbons (Fsp3) is 0.238. The third-order valence-corrected chi connectivity index (χ3v) is 4.36. The van der Waals surface area contributed by atoms with Gasteiger partial charge in [-0.2, -0.15) is 0 Å². The number of rotatable bonds is 3. The minimum atomic E-state index is 0.127. The summed E-state index contributed by atoms with van der Waals surface area (Å²) in [6.07, 6.45) is 5.64. The van der Waals surface area contributed by atoms with Crippen molar-refractivity contribution in [3.8, 4) is 0 Å². The predicted octanol–water partition coefficient (Wildman–Crippen LogP) is 5.76. The average Bonchev–Trinajstić information content (AvgIpc) is 2.87. The molecule has 0 atom stereocenters. The molecule has 1 aliphatic rings. The molecule has 2 aromatic rings. The maximum atomic E-state index is 2.37. The van der Waals surface area contributed by atoms with Crippen molar-refractivity contribution in [2.75, 3.05) is 0 Å². The van der Waals surface area contributed by atoms with Crippen molar-refractivity contribution in [3.05, 3.63) is 83.4 Å². The summed E-state index contributed by atoms with van der Waals surface area (Å²) in [6, 6.07) is 19.5. The normalized spacial score (nSPS) is 16.0. The highest BCUT2D eigenvalue weighted by Gasteiger charge is 2.30. The van der Waals surface area contributed by atoms with E-state index in [-0.39, 0.29) is 5.41 Å². The fourth-order valence-corrected chi connectivity index (χ4v) is 3.28. The molecule has 1 aliphatic carbocycles. The molecule has 0 heterocycles. The van der Waals surface area contributed by atoms with Crippen molar-refractivity contribution in [3.63, 3.8) is 0 Å². The summed E-state index contributed by atoms with van der Waals surface area (Å²) >= 11 is 0. The summed E-state index contributed by atoms with van der Waals surface area (Å²) in [7, 11) is 0. The minimum absolute atomic E-state index is 0.127. The molecule has 0 saturated heterocycles. The maximum Gasteiger partial charge on any atom is -0.00568 e. The Kier molecular flexibility index (Phi) is 3.55. The Balaban J connectivity index is 2.00. The molecule has 0 fully saturated rings. The van der Waals surface area contributed by atoms with Crippen molar-refractivity contribution in [2.45, 2.75) is 27.2 Å².